The Morgan fingerprint density at radius 3 is 2.76 bits per heavy atom. The summed E-state index contributed by atoms with van der Waals surface area (Å²) in [5.74, 6) is 4.26. The Balaban J connectivity index is 1.35. The molecule has 0 aromatic rings. The average molecular weight is 234 g/mol. The third-order valence-corrected chi connectivity index (χ3v) is 6.05. The zero-order valence-corrected chi connectivity index (χ0v) is 10.9. The van der Waals surface area contributed by atoms with Crippen LogP contribution in [0, 0.1) is 23.7 Å². The minimum Gasteiger partial charge on any atom is -0.312 e. The maximum atomic E-state index is 3.73. The van der Waals surface area contributed by atoms with Crippen LogP contribution in [0.3, 0.4) is 0 Å². The van der Waals surface area contributed by atoms with Gasteiger partial charge in [0.25, 0.3) is 0 Å². The molecule has 2 saturated heterocycles. The molecule has 4 rings (SSSR count). The van der Waals surface area contributed by atoms with Gasteiger partial charge in [-0.3, -0.25) is 0 Å². The summed E-state index contributed by atoms with van der Waals surface area (Å²) in [6.07, 6.45) is 9.11. The van der Waals surface area contributed by atoms with Crippen molar-refractivity contribution in [3.05, 3.63) is 0 Å². The van der Waals surface area contributed by atoms with E-state index in [1.807, 2.05) is 0 Å². The molecule has 4 fully saturated rings. The van der Waals surface area contributed by atoms with Gasteiger partial charge in [-0.2, -0.15) is 0 Å². The van der Waals surface area contributed by atoms with Crippen LogP contribution in [-0.4, -0.2) is 37.1 Å². The minimum absolute atomic E-state index is 0.836. The lowest BCUT2D eigenvalue weighted by Gasteiger charge is -2.27. The first-order chi connectivity index (χ1) is 8.38. The van der Waals surface area contributed by atoms with Crippen molar-refractivity contribution in [2.24, 2.45) is 23.7 Å². The summed E-state index contributed by atoms with van der Waals surface area (Å²) >= 11 is 0. The van der Waals surface area contributed by atoms with Crippen LogP contribution in [0.1, 0.15) is 38.5 Å². The Morgan fingerprint density at radius 1 is 1.00 bits per heavy atom. The largest absolute Gasteiger partial charge is 0.312 e. The molecule has 0 amide bonds. The van der Waals surface area contributed by atoms with Crippen molar-refractivity contribution in [3.8, 4) is 0 Å². The number of nitrogens with zero attached hydrogens (tertiary/aromatic N) is 1. The van der Waals surface area contributed by atoms with Crippen molar-refractivity contribution < 1.29 is 0 Å². The highest BCUT2D eigenvalue weighted by Gasteiger charge is 2.42. The molecule has 96 valence electrons. The predicted molar refractivity (Wildman–Crippen MR) is 69.9 cm³/mol. The minimum atomic E-state index is 0.836. The highest BCUT2D eigenvalue weighted by atomic mass is 15.2. The van der Waals surface area contributed by atoms with E-state index in [2.05, 4.69) is 10.2 Å². The molecule has 0 aromatic heterocycles. The first kappa shape index (κ1) is 10.8. The summed E-state index contributed by atoms with van der Waals surface area (Å²) in [4.78, 5) is 2.79. The second-order valence-corrected chi connectivity index (χ2v) is 7.12. The van der Waals surface area contributed by atoms with E-state index in [0.29, 0.717) is 0 Å². The van der Waals surface area contributed by atoms with E-state index in [-0.39, 0.29) is 0 Å². The second kappa shape index (κ2) is 4.24. The lowest BCUT2D eigenvalue weighted by Crippen LogP contribution is -2.41. The van der Waals surface area contributed by atoms with Crippen molar-refractivity contribution in [3.63, 3.8) is 0 Å². The Morgan fingerprint density at radius 2 is 2.00 bits per heavy atom. The molecule has 0 spiro atoms. The van der Waals surface area contributed by atoms with Crippen LogP contribution in [0.15, 0.2) is 0 Å². The summed E-state index contributed by atoms with van der Waals surface area (Å²) in [6, 6.07) is 0.836. The number of nitrogens with one attached hydrogen (secondary N) is 1. The second-order valence-electron chi connectivity index (χ2n) is 7.12. The molecule has 5 atom stereocenters. The van der Waals surface area contributed by atoms with Gasteiger partial charge in [0.1, 0.15) is 0 Å². The first-order valence-electron chi connectivity index (χ1n) is 7.84. The van der Waals surface area contributed by atoms with Gasteiger partial charge in [-0.05, 0) is 62.3 Å². The molecule has 0 aromatic carbocycles. The lowest BCUT2D eigenvalue weighted by atomic mass is 9.88. The Kier molecular flexibility index (Phi) is 2.69. The van der Waals surface area contributed by atoms with Crippen LogP contribution in [0.25, 0.3) is 0 Å². The van der Waals surface area contributed by atoms with Gasteiger partial charge in [-0.1, -0.05) is 6.42 Å². The van der Waals surface area contributed by atoms with Gasteiger partial charge in [-0.25, -0.2) is 0 Å². The third kappa shape index (κ3) is 1.94. The molecule has 2 heteroatoms. The maximum absolute atomic E-state index is 3.73. The van der Waals surface area contributed by atoms with Crippen molar-refractivity contribution >= 4 is 0 Å². The fraction of sp³-hybridized carbons (Fsp3) is 1.00. The number of fused-ring (bicyclic) bond motifs is 3. The van der Waals surface area contributed by atoms with Crippen LogP contribution in [0.5, 0.6) is 0 Å². The highest BCUT2D eigenvalue weighted by Crippen LogP contribution is 2.48. The summed E-state index contributed by atoms with van der Waals surface area (Å²) in [5.41, 5.74) is 0. The molecular weight excluding hydrogens is 208 g/mol. The number of hydrogen-bond donors (Lipinski definition) is 1. The van der Waals surface area contributed by atoms with E-state index in [1.54, 1.807) is 25.7 Å². The van der Waals surface area contributed by atoms with Crippen LogP contribution >= 0.6 is 0 Å². The normalized spacial score (nSPS) is 49.8. The molecular formula is C15H26N2. The predicted octanol–water partition coefficient (Wildman–Crippen LogP) is 2.11. The average Bonchev–Trinajstić information content (AvgIpc) is 3.01. The topological polar surface area (TPSA) is 15.3 Å². The molecule has 2 heterocycles. The summed E-state index contributed by atoms with van der Waals surface area (Å²) in [7, 11) is 0. The molecule has 5 unspecified atom stereocenters. The van der Waals surface area contributed by atoms with Crippen molar-refractivity contribution in [2.45, 2.75) is 44.6 Å². The quantitative estimate of drug-likeness (QED) is 0.787. The summed E-state index contributed by atoms with van der Waals surface area (Å²) in [5, 5.41) is 3.73. The fourth-order valence-electron chi connectivity index (χ4n) is 5.22. The molecule has 2 nitrogen and oxygen atoms in total. The maximum Gasteiger partial charge on any atom is 0.0235 e. The Labute approximate surface area is 105 Å². The summed E-state index contributed by atoms with van der Waals surface area (Å²) < 4.78 is 0. The zero-order valence-electron chi connectivity index (χ0n) is 10.9. The third-order valence-electron chi connectivity index (χ3n) is 6.05. The van der Waals surface area contributed by atoms with Gasteiger partial charge in [0.15, 0.2) is 0 Å². The molecule has 2 saturated carbocycles. The first-order valence-corrected chi connectivity index (χ1v) is 7.84. The Hall–Kier alpha value is -0.0800. The molecule has 0 radical (unpaired) electrons. The molecule has 1 N–H and O–H groups in total. The SMILES string of the molecule is C1CNC2CN(CC3CC4CCC3C4)CC2C1. The van der Waals surface area contributed by atoms with Gasteiger partial charge in [0.2, 0.25) is 0 Å². The molecule has 2 bridgehead atoms. The fourth-order valence-corrected chi connectivity index (χ4v) is 5.22. The van der Waals surface area contributed by atoms with E-state index in [0.717, 1.165) is 29.7 Å². The van der Waals surface area contributed by atoms with E-state index in [4.69, 9.17) is 0 Å². The molecule has 2 aliphatic heterocycles. The van der Waals surface area contributed by atoms with Gasteiger partial charge in [0, 0.05) is 25.7 Å². The van der Waals surface area contributed by atoms with Crippen LogP contribution in [0.2, 0.25) is 0 Å². The van der Waals surface area contributed by atoms with Gasteiger partial charge >= 0.3 is 0 Å². The van der Waals surface area contributed by atoms with Crippen molar-refractivity contribution in [2.75, 3.05) is 26.2 Å². The monoisotopic (exact) mass is 234 g/mol. The van der Waals surface area contributed by atoms with E-state index in [1.165, 1.54) is 39.0 Å². The van der Waals surface area contributed by atoms with Crippen molar-refractivity contribution in [1.29, 1.82) is 0 Å². The van der Waals surface area contributed by atoms with Crippen LogP contribution in [0.4, 0.5) is 0 Å². The molecule has 4 aliphatic rings. The number of rotatable bonds is 2. The number of likely N-dealkylation sites (tertiary alicyclic amines) is 1. The molecule has 17 heavy (non-hydrogen) atoms. The molecule has 2 aliphatic carbocycles. The van der Waals surface area contributed by atoms with E-state index < -0.39 is 0 Å². The van der Waals surface area contributed by atoms with Crippen LogP contribution < -0.4 is 5.32 Å². The van der Waals surface area contributed by atoms with Gasteiger partial charge < -0.3 is 10.2 Å². The van der Waals surface area contributed by atoms with Crippen molar-refractivity contribution in [1.82, 2.24) is 10.2 Å². The summed E-state index contributed by atoms with van der Waals surface area (Å²) in [6.45, 7) is 5.43. The smallest absolute Gasteiger partial charge is 0.0235 e. The highest BCUT2D eigenvalue weighted by molar-refractivity contribution is 4.96. The van der Waals surface area contributed by atoms with E-state index >= 15 is 0 Å². The van der Waals surface area contributed by atoms with Crippen LogP contribution in [-0.2, 0) is 0 Å². The van der Waals surface area contributed by atoms with E-state index in [9.17, 15) is 0 Å². The zero-order chi connectivity index (χ0) is 11.2. The number of hydrogen-bond acceptors (Lipinski definition) is 2. The van der Waals surface area contributed by atoms with Gasteiger partial charge in [-0.15, -0.1) is 0 Å². The Bertz CT molecular complexity index is 277. The van der Waals surface area contributed by atoms with Gasteiger partial charge in [0.05, 0.1) is 0 Å². The standard InChI is InChI=1S/C15H26N2/c1-2-13-8-17(10-15(13)16-5-1)9-14-7-11-3-4-12(14)6-11/h11-16H,1-10H2. The number of piperidine rings is 1. The lowest BCUT2D eigenvalue weighted by molar-refractivity contribution is 0.213.